The van der Waals surface area contributed by atoms with E-state index in [1.165, 1.54) is 23.7 Å². The van der Waals surface area contributed by atoms with Crippen LogP contribution in [0, 0.1) is 13.8 Å². The van der Waals surface area contributed by atoms with Crippen LogP contribution in [0.5, 0.6) is 5.75 Å². The molecule has 26 heavy (non-hydrogen) atoms. The molecular weight excluding hydrogens is 370 g/mol. The lowest BCUT2D eigenvalue weighted by Crippen LogP contribution is -2.16. The number of aromatic nitrogens is 1. The summed E-state index contributed by atoms with van der Waals surface area (Å²) in [6, 6.07) is 10.9. The monoisotopic (exact) mass is 385 g/mol. The van der Waals surface area contributed by atoms with Crippen molar-refractivity contribution in [1.82, 2.24) is 10.4 Å². The molecule has 0 radical (unpaired) electrons. The third kappa shape index (κ3) is 3.92. The van der Waals surface area contributed by atoms with Gasteiger partial charge in [-0.2, -0.15) is 5.10 Å². The zero-order valence-electron chi connectivity index (χ0n) is 14.2. The lowest BCUT2D eigenvalue weighted by molar-refractivity contribution is 0.0959. The number of hydrogen-bond acceptors (Lipinski definition) is 5. The maximum absolute atomic E-state index is 12.2. The maximum atomic E-state index is 12.2. The van der Waals surface area contributed by atoms with Gasteiger partial charge in [0.1, 0.15) is 15.6 Å². The van der Waals surface area contributed by atoms with E-state index in [0.29, 0.717) is 14.9 Å². The number of nitrogens with zero attached hydrogens (tertiary/aromatic N) is 2. The normalized spacial score (nSPS) is 11.0. The van der Waals surface area contributed by atoms with Gasteiger partial charge < -0.3 is 5.11 Å². The van der Waals surface area contributed by atoms with Crippen molar-refractivity contribution in [2.45, 2.75) is 13.8 Å². The van der Waals surface area contributed by atoms with Crippen LogP contribution in [-0.4, -0.2) is 22.2 Å². The van der Waals surface area contributed by atoms with Crippen molar-refractivity contribution < 1.29 is 9.90 Å². The summed E-state index contributed by atoms with van der Waals surface area (Å²) in [5.74, 6) is -0.0766. The number of carbonyl (C=O) groups is 1. The van der Waals surface area contributed by atoms with Gasteiger partial charge in [0, 0.05) is 5.56 Å². The van der Waals surface area contributed by atoms with Gasteiger partial charge in [-0.1, -0.05) is 29.8 Å². The molecule has 0 bridgehead atoms. The molecule has 3 rings (SSSR count). The Hall–Kier alpha value is -2.70. The van der Waals surface area contributed by atoms with Crippen LogP contribution in [0.15, 0.2) is 47.7 Å². The second-order valence-corrected chi connectivity index (χ2v) is 7.15. The Kier molecular flexibility index (Phi) is 5.35. The van der Waals surface area contributed by atoms with E-state index in [9.17, 15) is 9.90 Å². The molecule has 0 saturated heterocycles. The zero-order valence-corrected chi connectivity index (χ0v) is 15.7. The number of hydrazone groups is 1. The van der Waals surface area contributed by atoms with Crippen LogP contribution in [0.4, 0.5) is 0 Å². The number of thiazole rings is 1. The topological polar surface area (TPSA) is 74.6 Å². The molecule has 0 aliphatic heterocycles. The third-order valence-corrected chi connectivity index (χ3v) is 5.09. The molecule has 0 fully saturated rings. The lowest BCUT2D eigenvalue weighted by Gasteiger charge is -2.04. The largest absolute Gasteiger partial charge is 0.507 e. The van der Waals surface area contributed by atoms with Crippen LogP contribution in [0.1, 0.15) is 26.4 Å². The quantitative estimate of drug-likeness (QED) is 0.511. The molecule has 0 unspecified atom stereocenters. The zero-order chi connectivity index (χ0) is 18.7. The highest BCUT2D eigenvalue weighted by Gasteiger charge is 2.12. The smallest absolute Gasteiger partial charge is 0.283 e. The highest BCUT2D eigenvalue weighted by atomic mass is 35.5. The predicted octanol–water partition coefficient (Wildman–Crippen LogP) is 4.55. The first-order valence-corrected chi connectivity index (χ1v) is 8.99. The van der Waals surface area contributed by atoms with Crippen LogP contribution in [0.25, 0.3) is 10.6 Å². The molecule has 5 nitrogen and oxygen atoms in total. The molecule has 0 spiro atoms. The highest BCUT2D eigenvalue weighted by molar-refractivity contribution is 7.17. The van der Waals surface area contributed by atoms with Crippen LogP contribution in [-0.2, 0) is 0 Å². The Morgan fingerprint density at radius 3 is 2.65 bits per heavy atom. The Balaban J connectivity index is 1.70. The van der Waals surface area contributed by atoms with Crippen molar-refractivity contribution in [2.24, 2.45) is 5.10 Å². The minimum atomic E-state index is -0.343. The van der Waals surface area contributed by atoms with Gasteiger partial charge in [-0.05, 0) is 48.7 Å². The Labute approximate surface area is 160 Å². The van der Waals surface area contributed by atoms with Gasteiger partial charge >= 0.3 is 0 Å². The average Bonchev–Trinajstić information content (AvgIpc) is 3.10. The molecule has 0 saturated carbocycles. The van der Waals surface area contributed by atoms with Gasteiger partial charge in [-0.15, -0.1) is 11.3 Å². The van der Waals surface area contributed by atoms with E-state index in [2.05, 4.69) is 15.5 Å². The Morgan fingerprint density at radius 1 is 1.27 bits per heavy atom. The van der Waals surface area contributed by atoms with Gasteiger partial charge in [-0.3, -0.25) is 4.79 Å². The fourth-order valence-corrected chi connectivity index (χ4v) is 3.55. The Morgan fingerprint density at radius 2 is 1.96 bits per heavy atom. The summed E-state index contributed by atoms with van der Waals surface area (Å²) < 4.78 is 0. The van der Waals surface area contributed by atoms with E-state index >= 15 is 0 Å². The third-order valence-electron chi connectivity index (χ3n) is 3.73. The number of aromatic hydroxyl groups is 1. The van der Waals surface area contributed by atoms with E-state index < -0.39 is 0 Å². The Bertz CT molecular complexity index is 975. The number of phenolic OH excluding ortho intramolecular Hbond substituents is 1. The summed E-state index contributed by atoms with van der Waals surface area (Å²) in [5.41, 5.74) is 5.57. The van der Waals surface area contributed by atoms with Gasteiger partial charge in [0.05, 0.1) is 17.4 Å². The van der Waals surface area contributed by atoms with Crippen molar-refractivity contribution in [3.05, 3.63) is 69.2 Å². The first-order valence-electron chi connectivity index (χ1n) is 7.80. The molecule has 1 aromatic heterocycles. The number of benzene rings is 2. The van der Waals surface area contributed by atoms with Crippen LogP contribution in [0.3, 0.4) is 0 Å². The molecule has 3 aromatic rings. The van der Waals surface area contributed by atoms with Crippen molar-refractivity contribution in [2.75, 3.05) is 0 Å². The molecule has 132 valence electrons. The average molecular weight is 386 g/mol. The molecular formula is C19H16ClN3O2S. The fraction of sp³-hybridized carbons (Fsp3) is 0.105. The van der Waals surface area contributed by atoms with E-state index in [4.69, 9.17) is 11.6 Å². The standard InChI is InChI=1S/C19H16ClN3O2S/c1-11-7-13(8-12(2)17(11)24)9-22-23-18(25)16-10-21-19(26-16)14-5-3-4-6-15(14)20/h3-10,24H,1-2H3,(H,23,25)/b22-9-. The summed E-state index contributed by atoms with van der Waals surface area (Å²) in [5, 5.41) is 15.0. The van der Waals surface area contributed by atoms with Crippen molar-refractivity contribution in [3.63, 3.8) is 0 Å². The molecule has 2 aromatic carbocycles. The van der Waals surface area contributed by atoms with Crippen molar-refractivity contribution >= 4 is 35.1 Å². The van der Waals surface area contributed by atoms with Crippen LogP contribution in [0.2, 0.25) is 5.02 Å². The summed E-state index contributed by atoms with van der Waals surface area (Å²) in [7, 11) is 0. The summed E-state index contributed by atoms with van der Waals surface area (Å²) in [4.78, 5) is 16.9. The number of aryl methyl sites for hydroxylation is 2. The van der Waals surface area contributed by atoms with E-state index in [1.54, 1.807) is 18.2 Å². The van der Waals surface area contributed by atoms with Gasteiger partial charge in [0.25, 0.3) is 5.91 Å². The van der Waals surface area contributed by atoms with Crippen LogP contribution < -0.4 is 5.43 Å². The number of hydrogen-bond donors (Lipinski definition) is 2. The SMILES string of the molecule is Cc1cc(/C=N\NC(=O)c2cnc(-c3ccccc3Cl)s2)cc(C)c1O. The van der Waals surface area contributed by atoms with Gasteiger partial charge in [0.15, 0.2) is 0 Å². The lowest BCUT2D eigenvalue weighted by atomic mass is 10.1. The van der Waals surface area contributed by atoms with Gasteiger partial charge in [-0.25, -0.2) is 10.4 Å². The first kappa shape index (κ1) is 18.1. The molecule has 0 aliphatic carbocycles. The highest BCUT2D eigenvalue weighted by Crippen LogP contribution is 2.30. The molecule has 1 amide bonds. The minimum absolute atomic E-state index is 0.267. The number of carbonyl (C=O) groups excluding carboxylic acids is 1. The van der Waals surface area contributed by atoms with Crippen molar-refractivity contribution in [3.8, 4) is 16.3 Å². The molecule has 0 atom stereocenters. The summed E-state index contributed by atoms with van der Waals surface area (Å²) in [6.07, 6.45) is 3.04. The van der Waals surface area contributed by atoms with Crippen LogP contribution >= 0.6 is 22.9 Å². The second-order valence-electron chi connectivity index (χ2n) is 5.71. The minimum Gasteiger partial charge on any atom is -0.507 e. The molecule has 7 heteroatoms. The predicted molar refractivity (Wildman–Crippen MR) is 105 cm³/mol. The van der Waals surface area contributed by atoms with Crippen molar-refractivity contribution in [1.29, 1.82) is 0 Å². The first-order chi connectivity index (χ1) is 12.5. The number of halogens is 1. The summed E-state index contributed by atoms with van der Waals surface area (Å²) >= 11 is 7.41. The van der Waals surface area contributed by atoms with E-state index in [-0.39, 0.29) is 11.7 Å². The van der Waals surface area contributed by atoms with Gasteiger partial charge in [0.2, 0.25) is 0 Å². The number of nitrogens with one attached hydrogen (secondary N) is 1. The maximum Gasteiger partial charge on any atom is 0.283 e. The summed E-state index contributed by atoms with van der Waals surface area (Å²) in [6.45, 7) is 3.62. The number of amides is 1. The molecule has 0 aliphatic rings. The number of phenols is 1. The number of rotatable bonds is 4. The second kappa shape index (κ2) is 7.68. The van der Waals surface area contributed by atoms with E-state index in [0.717, 1.165) is 22.3 Å². The fourth-order valence-electron chi connectivity index (χ4n) is 2.42. The molecule has 2 N–H and O–H groups in total. The van der Waals surface area contributed by atoms with E-state index in [1.807, 2.05) is 32.0 Å². The molecule has 1 heterocycles.